The molecule has 1 aliphatic heterocycles. The number of nitrogen functional groups attached to an aromatic ring is 1. The van der Waals surface area contributed by atoms with E-state index in [4.69, 9.17) is 28.5 Å². The summed E-state index contributed by atoms with van der Waals surface area (Å²) >= 11 is 6.12. The summed E-state index contributed by atoms with van der Waals surface area (Å²) in [5.74, 6) is 0.534. The summed E-state index contributed by atoms with van der Waals surface area (Å²) in [4.78, 5) is 23.3. The van der Waals surface area contributed by atoms with Crippen molar-refractivity contribution in [3.05, 3.63) is 45.0 Å². The van der Waals surface area contributed by atoms with E-state index in [0.29, 0.717) is 18.1 Å². The summed E-state index contributed by atoms with van der Waals surface area (Å²) < 4.78 is 1.44. The molecule has 8 nitrogen and oxygen atoms in total. The van der Waals surface area contributed by atoms with Crippen LogP contribution in [0.5, 0.6) is 0 Å². The van der Waals surface area contributed by atoms with Gasteiger partial charge in [0.15, 0.2) is 0 Å². The van der Waals surface area contributed by atoms with Gasteiger partial charge in [-0.15, -0.1) is 0 Å². The molecule has 1 aliphatic rings. The number of aromatic nitrogens is 3. The van der Waals surface area contributed by atoms with Crippen LogP contribution >= 0.6 is 11.6 Å². The molecule has 0 bridgehead atoms. The zero-order valence-electron chi connectivity index (χ0n) is 15.5. The first-order valence-electron chi connectivity index (χ1n) is 8.78. The lowest BCUT2D eigenvalue weighted by Gasteiger charge is -2.39. The third kappa shape index (κ3) is 3.54. The maximum Gasteiger partial charge on any atom is 0.266 e. The second kappa shape index (κ2) is 7.28. The van der Waals surface area contributed by atoms with Crippen molar-refractivity contribution in [1.82, 2.24) is 14.5 Å². The predicted molar refractivity (Wildman–Crippen MR) is 108 cm³/mol. The van der Waals surface area contributed by atoms with Gasteiger partial charge in [0.2, 0.25) is 5.95 Å². The number of anilines is 2. The first-order chi connectivity index (χ1) is 12.8. The third-order valence-electron chi connectivity index (χ3n) is 5.33. The van der Waals surface area contributed by atoms with Gasteiger partial charge < -0.3 is 16.4 Å². The van der Waals surface area contributed by atoms with Crippen LogP contribution in [0.15, 0.2) is 23.3 Å². The average molecular weight is 390 g/mol. The summed E-state index contributed by atoms with van der Waals surface area (Å²) in [6.07, 6.45) is 4.78. The van der Waals surface area contributed by atoms with Crippen LogP contribution in [0.4, 0.5) is 11.8 Å². The van der Waals surface area contributed by atoms with Gasteiger partial charge in [0.1, 0.15) is 11.4 Å². The Bertz CT molecular complexity index is 932. The van der Waals surface area contributed by atoms with Crippen molar-refractivity contribution in [3.63, 3.8) is 0 Å². The Labute approximate surface area is 162 Å². The molecule has 5 N–H and O–H groups in total. The highest BCUT2D eigenvalue weighted by atomic mass is 35.5. The van der Waals surface area contributed by atoms with E-state index in [2.05, 4.69) is 16.9 Å². The van der Waals surface area contributed by atoms with Crippen LogP contribution < -0.4 is 21.9 Å². The highest BCUT2D eigenvalue weighted by molar-refractivity contribution is 6.35. The monoisotopic (exact) mass is 389 g/mol. The normalized spacial score (nSPS) is 16.4. The lowest BCUT2D eigenvalue weighted by molar-refractivity contribution is 0.256. The molecule has 2 aromatic heterocycles. The maximum absolute atomic E-state index is 13.0. The molecule has 3 heterocycles. The molecule has 9 heteroatoms. The molecule has 0 saturated carbocycles. The van der Waals surface area contributed by atoms with E-state index in [-0.39, 0.29) is 33.1 Å². The number of hydrogen-bond donors (Lipinski definition) is 3. The Morgan fingerprint density at radius 2 is 2.07 bits per heavy atom. The molecular weight excluding hydrogens is 366 g/mol. The molecule has 0 radical (unpaired) electrons. The lowest BCUT2D eigenvalue weighted by Crippen LogP contribution is -2.44. The quantitative estimate of drug-likeness (QED) is 0.678. The number of pyridine rings is 1. The van der Waals surface area contributed by atoms with E-state index in [1.807, 2.05) is 4.90 Å². The average Bonchev–Trinajstić information content (AvgIpc) is 2.66. The Morgan fingerprint density at radius 3 is 2.67 bits per heavy atom. The number of nitrogens with two attached hydrogens (primary N) is 2. The van der Waals surface area contributed by atoms with E-state index in [1.165, 1.54) is 17.0 Å². The van der Waals surface area contributed by atoms with Gasteiger partial charge >= 0.3 is 0 Å². The highest BCUT2D eigenvalue weighted by Crippen LogP contribution is 2.31. The molecule has 0 unspecified atom stereocenters. The Morgan fingerprint density at radius 1 is 1.41 bits per heavy atom. The number of nitrogens with zero attached hydrogens (tertiary/aromatic N) is 4. The van der Waals surface area contributed by atoms with Gasteiger partial charge in [-0.05, 0) is 30.9 Å². The number of rotatable bonds is 4. The Balaban J connectivity index is 1.97. The summed E-state index contributed by atoms with van der Waals surface area (Å²) in [5, 5.41) is 8.69. The Kier molecular flexibility index (Phi) is 5.21. The van der Waals surface area contributed by atoms with E-state index in [1.54, 1.807) is 13.1 Å². The van der Waals surface area contributed by atoms with Gasteiger partial charge in [-0.1, -0.05) is 18.5 Å². The summed E-state index contributed by atoms with van der Waals surface area (Å²) in [5.41, 5.74) is 12.1. The van der Waals surface area contributed by atoms with E-state index >= 15 is 0 Å². The molecule has 0 spiro atoms. The minimum Gasteiger partial charge on any atom is -0.383 e. The van der Waals surface area contributed by atoms with Crippen molar-refractivity contribution >= 4 is 29.1 Å². The van der Waals surface area contributed by atoms with E-state index < -0.39 is 0 Å². The number of hydrogen-bond acceptors (Lipinski definition) is 7. The maximum atomic E-state index is 13.0. The highest BCUT2D eigenvalue weighted by Gasteiger charge is 2.31. The van der Waals surface area contributed by atoms with Gasteiger partial charge in [0, 0.05) is 38.1 Å². The molecule has 0 aromatic carbocycles. The second-order valence-corrected chi connectivity index (χ2v) is 7.68. The minimum atomic E-state index is -0.373. The first kappa shape index (κ1) is 19.3. The van der Waals surface area contributed by atoms with E-state index in [0.717, 1.165) is 25.9 Å². The van der Waals surface area contributed by atoms with E-state index in [9.17, 15) is 4.79 Å². The van der Waals surface area contributed by atoms with Crippen LogP contribution in [0.25, 0.3) is 0 Å². The molecule has 0 atom stereocenters. The molecule has 0 aliphatic carbocycles. The first-order valence-corrected chi connectivity index (χ1v) is 9.15. The van der Waals surface area contributed by atoms with Crippen molar-refractivity contribution in [3.8, 4) is 0 Å². The SMILES string of the molecule is Cn1c(N2CCC(C)(CN)CC2)nc(N)c(C(=N)c2ccncc2Cl)c1=O. The number of nitrogens with one attached hydrogen (secondary N) is 1. The second-order valence-electron chi connectivity index (χ2n) is 7.27. The van der Waals surface area contributed by atoms with Crippen molar-refractivity contribution in [2.75, 3.05) is 30.3 Å². The van der Waals surface area contributed by atoms with Crippen LogP contribution in [0.1, 0.15) is 30.9 Å². The fraction of sp³-hybridized carbons (Fsp3) is 0.444. The van der Waals surface area contributed by atoms with Gasteiger partial charge in [0.05, 0.1) is 10.7 Å². The molecular formula is C18H24ClN7O. The van der Waals surface area contributed by atoms with Crippen LogP contribution in [0, 0.1) is 10.8 Å². The van der Waals surface area contributed by atoms with Gasteiger partial charge in [-0.2, -0.15) is 4.98 Å². The van der Waals surface area contributed by atoms with Gasteiger partial charge in [-0.3, -0.25) is 19.8 Å². The number of piperidine rings is 1. The van der Waals surface area contributed by atoms with Crippen LogP contribution in [-0.4, -0.2) is 39.9 Å². The van der Waals surface area contributed by atoms with Crippen LogP contribution in [0.2, 0.25) is 5.02 Å². The van der Waals surface area contributed by atoms with Crippen LogP contribution in [-0.2, 0) is 7.05 Å². The minimum absolute atomic E-state index is 0.0261. The zero-order chi connectivity index (χ0) is 19.8. The molecule has 2 aromatic rings. The molecule has 1 fully saturated rings. The molecule has 3 rings (SSSR count). The van der Waals surface area contributed by atoms with Crippen molar-refractivity contribution in [2.45, 2.75) is 19.8 Å². The van der Waals surface area contributed by atoms with Gasteiger partial charge in [0.25, 0.3) is 5.56 Å². The fourth-order valence-electron chi connectivity index (χ4n) is 3.29. The Hall–Kier alpha value is -2.45. The fourth-order valence-corrected chi connectivity index (χ4v) is 3.50. The zero-order valence-corrected chi connectivity index (χ0v) is 16.3. The smallest absolute Gasteiger partial charge is 0.266 e. The van der Waals surface area contributed by atoms with Crippen molar-refractivity contribution < 1.29 is 0 Å². The molecule has 0 amide bonds. The largest absolute Gasteiger partial charge is 0.383 e. The standard InChI is InChI=1S/C18H24ClN7O/c1-18(10-20)4-7-26(8-5-18)17-24-15(22)13(16(27)25(17)2)14(21)11-3-6-23-9-12(11)19/h3,6,9,21H,4-5,7-8,10,20,22H2,1-2H3. The summed E-state index contributed by atoms with van der Waals surface area (Å²) in [6.45, 7) is 4.31. The number of halogens is 1. The molecule has 27 heavy (non-hydrogen) atoms. The third-order valence-corrected chi connectivity index (χ3v) is 5.63. The molecule has 144 valence electrons. The van der Waals surface area contributed by atoms with Crippen molar-refractivity contribution in [2.24, 2.45) is 18.2 Å². The van der Waals surface area contributed by atoms with Crippen molar-refractivity contribution in [1.29, 1.82) is 5.41 Å². The van der Waals surface area contributed by atoms with Gasteiger partial charge in [-0.25, -0.2) is 0 Å². The summed E-state index contributed by atoms with van der Waals surface area (Å²) in [7, 11) is 1.64. The van der Waals surface area contributed by atoms with Crippen LogP contribution in [0.3, 0.4) is 0 Å². The topological polar surface area (TPSA) is 127 Å². The lowest BCUT2D eigenvalue weighted by atomic mass is 9.81. The molecule has 1 saturated heterocycles. The predicted octanol–water partition coefficient (Wildman–Crippen LogP) is 1.39. The summed E-state index contributed by atoms with van der Waals surface area (Å²) in [6, 6.07) is 1.58.